The maximum Gasteiger partial charge on any atom is 0.409 e. The molecule has 1 N–H and O–H groups in total. The van der Waals surface area contributed by atoms with E-state index < -0.39 is 5.41 Å². The third kappa shape index (κ3) is 4.24. The van der Waals surface area contributed by atoms with E-state index in [1.54, 1.807) is 24.0 Å². The first-order valence-electron chi connectivity index (χ1n) is 8.33. The Morgan fingerprint density at radius 2 is 1.83 bits per heavy atom. The first kappa shape index (κ1) is 18.2. The van der Waals surface area contributed by atoms with Gasteiger partial charge in [0.2, 0.25) is 5.91 Å². The molecule has 1 aliphatic rings. The summed E-state index contributed by atoms with van der Waals surface area (Å²) in [6, 6.07) is 6.03. The van der Waals surface area contributed by atoms with Crippen LogP contribution in [0.25, 0.3) is 0 Å². The summed E-state index contributed by atoms with van der Waals surface area (Å²) in [5, 5.41) is 3.05. The van der Waals surface area contributed by atoms with Crippen LogP contribution in [0.1, 0.15) is 39.2 Å². The Hall–Kier alpha value is -2.11. The molecule has 2 amide bonds. The van der Waals surface area contributed by atoms with Crippen LogP contribution in [0, 0.1) is 5.82 Å². The predicted octanol–water partition coefficient (Wildman–Crippen LogP) is 2.84. The van der Waals surface area contributed by atoms with Gasteiger partial charge in [0.15, 0.2) is 0 Å². The van der Waals surface area contributed by atoms with E-state index >= 15 is 0 Å². The molecule has 0 radical (unpaired) electrons. The summed E-state index contributed by atoms with van der Waals surface area (Å²) >= 11 is 0. The van der Waals surface area contributed by atoms with Crippen molar-refractivity contribution in [3.05, 3.63) is 35.6 Å². The Morgan fingerprint density at radius 1 is 1.25 bits per heavy atom. The fraction of sp³-hybridized carbons (Fsp3) is 0.556. The maximum absolute atomic E-state index is 13.1. The molecule has 1 aliphatic heterocycles. The molecule has 2 rings (SSSR count). The van der Waals surface area contributed by atoms with E-state index in [2.05, 4.69) is 5.32 Å². The number of halogens is 1. The number of carbonyl (C=O) groups excluding carboxylic acids is 2. The molecule has 0 unspecified atom stereocenters. The van der Waals surface area contributed by atoms with Crippen molar-refractivity contribution in [2.24, 2.45) is 0 Å². The zero-order chi connectivity index (χ0) is 17.7. The van der Waals surface area contributed by atoms with Crippen molar-refractivity contribution < 1.29 is 18.7 Å². The molecule has 1 aromatic carbocycles. The summed E-state index contributed by atoms with van der Waals surface area (Å²) < 4.78 is 18.1. The van der Waals surface area contributed by atoms with Gasteiger partial charge in [-0.3, -0.25) is 4.79 Å². The van der Waals surface area contributed by atoms with Gasteiger partial charge in [-0.15, -0.1) is 0 Å². The second-order valence-electron chi connectivity index (χ2n) is 6.57. The summed E-state index contributed by atoms with van der Waals surface area (Å²) in [5.41, 5.74) is 0.0248. The highest BCUT2D eigenvalue weighted by molar-refractivity contribution is 5.87. The summed E-state index contributed by atoms with van der Waals surface area (Å²) in [4.78, 5) is 26.0. The van der Waals surface area contributed by atoms with Crippen LogP contribution >= 0.6 is 0 Å². The van der Waals surface area contributed by atoms with Crippen molar-refractivity contribution in [3.8, 4) is 0 Å². The number of hydrogen-bond donors (Lipinski definition) is 1. The van der Waals surface area contributed by atoms with Crippen molar-refractivity contribution in [3.63, 3.8) is 0 Å². The normalized spacial score (nSPS) is 15.9. The molecule has 24 heavy (non-hydrogen) atoms. The Kier molecular flexibility index (Phi) is 5.80. The summed E-state index contributed by atoms with van der Waals surface area (Å²) in [6.45, 7) is 6.93. The number of amides is 2. The number of piperidine rings is 1. The fourth-order valence-corrected chi connectivity index (χ4v) is 2.78. The summed E-state index contributed by atoms with van der Waals surface area (Å²) in [6.07, 6.45) is 1.10. The van der Waals surface area contributed by atoms with E-state index in [0.29, 0.717) is 32.5 Å². The number of benzene rings is 1. The van der Waals surface area contributed by atoms with Crippen LogP contribution in [-0.2, 0) is 14.9 Å². The second kappa shape index (κ2) is 7.64. The molecular formula is C18H25FN2O3. The number of likely N-dealkylation sites (tertiary alicyclic amines) is 1. The lowest BCUT2D eigenvalue weighted by Gasteiger charge is -2.34. The Morgan fingerprint density at radius 3 is 2.38 bits per heavy atom. The van der Waals surface area contributed by atoms with Gasteiger partial charge in [0, 0.05) is 19.1 Å². The Balaban J connectivity index is 1.91. The predicted molar refractivity (Wildman–Crippen MR) is 89.2 cm³/mol. The quantitative estimate of drug-likeness (QED) is 0.920. The van der Waals surface area contributed by atoms with Gasteiger partial charge in [-0.05, 0) is 51.3 Å². The van der Waals surface area contributed by atoms with Crippen molar-refractivity contribution in [2.45, 2.75) is 45.1 Å². The zero-order valence-electron chi connectivity index (χ0n) is 14.5. The number of hydrogen-bond acceptors (Lipinski definition) is 3. The van der Waals surface area contributed by atoms with E-state index in [1.165, 1.54) is 12.1 Å². The minimum absolute atomic E-state index is 0.0305. The molecule has 0 aromatic heterocycles. The van der Waals surface area contributed by atoms with Crippen LogP contribution in [-0.4, -0.2) is 42.6 Å². The largest absolute Gasteiger partial charge is 0.450 e. The molecule has 0 spiro atoms. The van der Waals surface area contributed by atoms with Gasteiger partial charge in [0.1, 0.15) is 5.82 Å². The van der Waals surface area contributed by atoms with Crippen molar-refractivity contribution in [1.82, 2.24) is 10.2 Å². The van der Waals surface area contributed by atoms with E-state index in [4.69, 9.17) is 4.74 Å². The Labute approximate surface area is 142 Å². The number of nitrogens with zero attached hydrogens (tertiary/aromatic N) is 1. The third-order valence-corrected chi connectivity index (χ3v) is 4.49. The summed E-state index contributed by atoms with van der Waals surface area (Å²) in [7, 11) is 0. The molecule has 0 aliphatic carbocycles. The molecule has 132 valence electrons. The van der Waals surface area contributed by atoms with Crippen LogP contribution in [0.4, 0.5) is 9.18 Å². The van der Waals surface area contributed by atoms with Gasteiger partial charge in [0.25, 0.3) is 0 Å². The van der Waals surface area contributed by atoms with Crippen LogP contribution < -0.4 is 5.32 Å². The monoisotopic (exact) mass is 336 g/mol. The molecule has 1 saturated heterocycles. The molecule has 5 nitrogen and oxygen atoms in total. The second-order valence-corrected chi connectivity index (χ2v) is 6.57. The van der Waals surface area contributed by atoms with E-state index in [1.807, 2.05) is 13.8 Å². The van der Waals surface area contributed by atoms with Crippen molar-refractivity contribution in [1.29, 1.82) is 0 Å². The Bertz CT molecular complexity index is 578. The summed E-state index contributed by atoms with van der Waals surface area (Å²) in [5.74, 6) is -0.412. The number of carbonyl (C=O) groups is 2. The molecule has 1 fully saturated rings. The van der Waals surface area contributed by atoms with Crippen LogP contribution in [0.2, 0.25) is 0 Å². The van der Waals surface area contributed by atoms with Gasteiger partial charge in [-0.1, -0.05) is 12.1 Å². The van der Waals surface area contributed by atoms with Crippen molar-refractivity contribution in [2.75, 3.05) is 19.7 Å². The average Bonchev–Trinajstić information content (AvgIpc) is 2.56. The van der Waals surface area contributed by atoms with Crippen LogP contribution in [0.5, 0.6) is 0 Å². The topological polar surface area (TPSA) is 58.6 Å². The third-order valence-electron chi connectivity index (χ3n) is 4.49. The molecule has 1 heterocycles. The minimum atomic E-state index is -0.744. The van der Waals surface area contributed by atoms with Gasteiger partial charge in [-0.25, -0.2) is 9.18 Å². The van der Waals surface area contributed by atoms with Gasteiger partial charge >= 0.3 is 6.09 Å². The zero-order valence-corrected chi connectivity index (χ0v) is 14.5. The highest BCUT2D eigenvalue weighted by atomic mass is 19.1. The first-order valence-corrected chi connectivity index (χ1v) is 8.33. The van der Waals surface area contributed by atoms with Gasteiger partial charge in [-0.2, -0.15) is 0 Å². The molecule has 1 aromatic rings. The smallest absolute Gasteiger partial charge is 0.409 e. The molecule has 6 heteroatoms. The molecule has 0 saturated carbocycles. The molecule has 0 bridgehead atoms. The lowest BCUT2D eigenvalue weighted by Crippen LogP contribution is -2.50. The highest BCUT2D eigenvalue weighted by Crippen LogP contribution is 2.24. The number of rotatable bonds is 4. The average molecular weight is 336 g/mol. The van der Waals surface area contributed by atoms with Gasteiger partial charge in [0.05, 0.1) is 12.0 Å². The molecular weight excluding hydrogens is 311 g/mol. The highest BCUT2D eigenvalue weighted by Gasteiger charge is 2.32. The van der Waals surface area contributed by atoms with Crippen LogP contribution in [0.3, 0.4) is 0 Å². The standard InChI is InChI=1S/C18H25FN2O3/c1-4-24-17(23)21-11-9-15(10-12-21)20-16(22)18(2,3)13-5-7-14(19)8-6-13/h5-8,15H,4,9-12H2,1-3H3,(H,20,22). The SMILES string of the molecule is CCOC(=O)N1CCC(NC(=O)C(C)(C)c2ccc(F)cc2)CC1. The van der Waals surface area contributed by atoms with E-state index in [-0.39, 0.29) is 23.9 Å². The lowest BCUT2D eigenvalue weighted by molar-refractivity contribution is -0.126. The fourth-order valence-electron chi connectivity index (χ4n) is 2.78. The van der Waals surface area contributed by atoms with Crippen LogP contribution in [0.15, 0.2) is 24.3 Å². The van der Waals surface area contributed by atoms with Gasteiger partial charge < -0.3 is 15.0 Å². The first-order chi connectivity index (χ1) is 11.3. The van der Waals surface area contributed by atoms with E-state index in [0.717, 1.165) is 5.56 Å². The number of nitrogens with one attached hydrogen (secondary N) is 1. The maximum atomic E-state index is 13.1. The minimum Gasteiger partial charge on any atom is -0.450 e. The van der Waals surface area contributed by atoms with Crippen molar-refractivity contribution >= 4 is 12.0 Å². The number of ether oxygens (including phenoxy) is 1. The lowest BCUT2D eigenvalue weighted by atomic mass is 9.83. The van der Waals surface area contributed by atoms with E-state index in [9.17, 15) is 14.0 Å². The molecule has 0 atom stereocenters.